The molecule has 2 rings (SSSR count). The first-order valence-corrected chi connectivity index (χ1v) is 6.79. The summed E-state index contributed by atoms with van der Waals surface area (Å²) >= 11 is 0. The van der Waals surface area contributed by atoms with Crippen LogP contribution in [0.5, 0.6) is 5.75 Å². The molecule has 0 aliphatic rings. The van der Waals surface area contributed by atoms with Crippen molar-refractivity contribution in [3.05, 3.63) is 53.8 Å². The average molecular weight is 310 g/mol. The van der Waals surface area contributed by atoms with Gasteiger partial charge in [0.2, 0.25) is 0 Å². The van der Waals surface area contributed by atoms with Gasteiger partial charge < -0.3 is 10.5 Å². The average Bonchev–Trinajstić information content (AvgIpc) is 2.40. The molecule has 0 bridgehead atoms. The van der Waals surface area contributed by atoms with E-state index in [0.717, 1.165) is 11.1 Å². The topological polar surface area (TPSA) is 35.2 Å². The van der Waals surface area contributed by atoms with Crippen LogP contribution in [0.25, 0.3) is 11.1 Å². The van der Waals surface area contributed by atoms with Crippen LogP contribution in [0.4, 0.5) is 4.39 Å². The summed E-state index contributed by atoms with van der Waals surface area (Å²) in [6.45, 7) is 5.81. The van der Waals surface area contributed by atoms with Crippen LogP contribution in [0.15, 0.2) is 42.5 Å². The Kier molecular flexibility index (Phi) is 6.19. The highest BCUT2D eigenvalue weighted by Crippen LogP contribution is 2.28. The third kappa shape index (κ3) is 4.45. The molecule has 2 aromatic carbocycles. The second-order valence-electron chi connectivity index (χ2n) is 5.22. The van der Waals surface area contributed by atoms with Crippen LogP contribution in [-0.2, 0) is 0 Å². The summed E-state index contributed by atoms with van der Waals surface area (Å²) in [5.74, 6) is 0.419. The van der Waals surface area contributed by atoms with Crippen LogP contribution < -0.4 is 10.5 Å². The maximum Gasteiger partial charge on any atom is 0.131 e. The zero-order valence-electron chi connectivity index (χ0n) is 12.5. The molecule has 4 heteroatoms. The highest BCUT2D eigenvalue weighted by molar-refractivity contribution is 5.85. The monoisotopic (exact) mass is 309 g/mol. The quantitative estimate of drug-likeness (QED) is 0.886. The van der Waals surface area contributed by atoms with E-state index in [0.29, 0.717) is 11.3 Å². The van der Waals surface area contributed by atoms with E-state index in [1.165, 1.54) is 6.07 Å². The number of rotatable bonds is 4. The first kappa shape index (κ1) is 17.5. The van der Waals surface area contributed by atoms with E-state index in [4.69, 9.17) is 10.5 Å². The van der Waals surface area contributed by atoms with E-state index in [9.17, 15) is 4.39 Å². The molecule has 2 N–H and O–H groups in total. The Morgan fingerprint density at radius 1 is 1.00 bits per heavy atom. The molecule has 0 amide bonds. The molecule has 21 heavy (non-hydrogen) atoms. The van der Waals surface area contributed by atoms with Crippen molar-refractivity contribution in [2.24, 2.45) is 5.73 Å². The molecule has 0 aliphatic heterocycles. The summed E-state index contributed by atoms with van der Waals surface area (Å²) in [6.07, 6.45) is 0.0637. The van der Waals surface area contributed by atoms with Crippen LogP contribution in [0.2, 0.25) is 0 Å². The Morgan fingerprint density at radius 3 is 2.14 bits per heavy atom. The molecule has 2 nitrogen and oxygen atoms in total. The summed E-state index contributed by atoms with van der Waals surface area (Å²) in [6, 6.07) is 12.4. The van der Waals surface area contributed by atoms with Crippen molar-refractivity contribution in [1.82, 2.24) is 0 Å². The molecule has 114 valence electrons. The van der Waals surface area contributed by atoms with E-state index in [-0.39, 0.29) is 30.4 Å². The molecule has 1 atom stereocenters. The van der Waals surface area contributed by atoms with Crippen molar-refractivity contribution in [1.29, 1.82) is 0 Å². The Labute approximate surface area is 131 Å². The predicted molar refractivity (Wildman–Crippen MR) is 87.5 cm³/mol. The first-order chi connectivity index (χ1) is 9.47. The van der Waals surface area contributed by atoms with Crippen molar-refractivity contribution in [2.45, 2.75) is 32.9 Å². The van der Waals surface area contributed by atoms with Crippen LogP contribution in [0.1, 0.15) is 32.4 Å². The molecule has 0 aliphatic carbocycles. The first-order valence-electron chi connectivity index (χ1n) is 6.79. The minimum Gasteiger partial charge on any atom is -0.491 e. The molecule has 0 saturated heterocycles. The van der Waals surface area contributed by atoms with E-state index in [1.54, 1.807) is 12.1 Å². The van der Waals surface area contributed by atoms with Gasteiger partial charge in [0, 0.05) is 11.6 Å². The molecule has 0 spiro atoms. The standard InChI is InChI=1S/C17H20FNO.ClH/c1-11(2)20-15-8-9-17(18)16(10-15)14-6-4-13(5-7-14)12(3)19;/h4-12H,19H2,1-3H3;1H. The van der Waals surface area contributed by atoms with Gasteiger partial charge in [0.05, 0.1) is 6.10 Å². The third-order valence-electron chi connectivity index (χ3n) is 3.06. The van der Waals surface area contributed by atoms with E-state index in [1.807, 2.05) is 45.0 Å². The van der Waals surface area contributed by atoms with E-state index in [2.05, 4.69) is 0 Å². The molecule has 2 aromatic rings. The summed E-state index contributed by atoms with van der Waals surface area (Å²) in [5, 5.41) is 0. The zero-order chi connectivity index (χ0) is 14.7. The lowest BCUT2D eigenvalue weighted by Crippen LogP contribution is -2.06. The van der Waals surface area contributed by atoms with Crippen LogP contribution >= 0.6 is 12.4 Å². The summed E-state index contributed by atoms with van der Waals surface area (Å²) in [5.41, 5.74) is 8.21. The number of hydrogen-bond acceptors (Lipinski definition) is 2. The fraction of sp³-hybridized carbons (Fsp3) is 0.294. The van der Waals surface area contributed by atoms with Gasteiger partial charge in [0.15, 0.2) is 0 Å². The second kappa shape index (κ2) is 7.43. The van der Waals surface area contributed by atoms with E-state index >= 15 is 0 Å². The van der Waals surface area contributed by atoms with Gasteiger partial charge in [-0.1, -0.05) is 24.3 Å². The fourth-order valence-electron chi connectivity index (χ4n) is 2.04. The smallest absolute Gasteiger partial charge is 0.131 e. The Bertz CT molecular complexity index is 582. The Balaban J connectivity index is 0.00000220. The lowest BCUT2D eigenvalue weighted by molar-refractivity contribution is 0.242. The highest BCUT2D eigenvalue weighted by Gasteiger charge is 2.09. The molecule has 0 saturated carbocycles. The van der Waals surface area contributed by atoms with Gasteiger partial charge in [0.25, 0.3) is 0 Å². The van der Waals surface area contributed by atoms with Gasteiger partial charge in [-0.15, -0.1) is 12.4 Å². The SMILES string of the molecule is CC(C)Oc1ccc(F)c(-c2ccc(C(C)N)cc2)c1.Cl. The molecule has 1 unspecified atom stereocenters. The highest BCUT2D eigenvalue weighted by atomic mass is 35.5. The second-order valence-corrected chi connectivity index (χ2v) is 5.22. The fourth-order valence-corrected chi connectivity index (χ4v) is 2.04. The number of halogens is 2. The van der Waals surface area contributed by atoms with Gasteiger partial charge >= 0.3 is 0 Å². The number of benzene rings is 2. The van der Waals surface area contributed by atoms with Crippen molar-refractivity contribution in [3.8, 4) is 16.9 Å². The van der Waals surface area contributed by atoms with Gasteiger partial charge in [-0.25, -0.2) is 4.39 Å². The van der Waals surface area contributed by atoms with Crippen molar-refractivity contribution in [3.63, 3.8) is 0 Å². The van der Waals surface area contributed by atoms with Crippen LogP contribution in [-0.4, -0.2) is 6.10 Å². The van der Waals surface area contributed by atoms with Crippen molar-refractivity contribution >= 4 is 12.4 Å². The summed E-state index contributed by atoms with van der Waals surface area (Å²) in [4.78, 5) is 0. The number of hydrogen-bond donors (Lipinski definition) is 1. The van der Waals surface area contributed by atoms with Crippen molar-refractivity contribution in [2.75, 3.05) is 0 Å². The maximum atomic E-state index is 14.0. The predicted octanol–water partition coefficient (Wildman–Crippen LogP) is 4.72. The van der Waals surface area contributed by atoms with Gasteiger partial charge in [-0.05, 0) is 50.1 Å². The van der Waals surface area contributed by atoms with Crippen LogP contribution in [0, 0.1) is 5.82 Å². The lowest BCUT2D eigenvalue weighted by Gasteiger charge is -2.12. The largest absolute Gasteiger partial charge is 0.491 e. The molecule has 0 fully saturated rings. The van der Waals surface area contributed by atoms with Gasteiger partial charge in [-0.2, -0.15) is 0 Å². The van der Waals surface area contributed by atoms with Gasteiger partial charge in [-0.3, -0.25) is 0 Å². The molecular formula is C17H21ClFNO. The third-order valence-corrected chi connectivity index (χ3v) is 3.06. The molecular weight excluding hydrogens is 289 g/mol. The zero-order valence-corrected chi connectivity index (χ0v) is 13.3. The van der Waals surface area contributed by atoms with Gasteiger partial charge in [0.1, 0.15) is 11.6 Å². The Hall–Kier alpha value is -1.58. The Morgan fingerprint density at radius 2 is 1.62 bits per heavy atom. The molecule has 0 aromatic heterocycles. The normalized spacial score (nSPS) is 11.9. The summed E-state index contributed by atoms with van der Waals surface area (Å²) in [7, 11) is 0. The van der Waals surface area contributed by atoms with E-state index < -0.39 is 0 Å². The summed E-state index contributed by atoms with van der Waals surface area (Å²) < 4.78 is 19.6. The minimum atomic E-state index is -0.255. The lowest BCUT2D eigenvalue weighted by atomic mass is 10.0. The molecule has 0 heterocycles. The number of nitrogens with two attached hydrogens (primary N) is 1. The maximum absolute atomic E-state index is 14.0. The van der Waals surface area contributed by atoms with Crippen molar-refractivity contribution < 1.29 is 9.13 Å². The van der Waals surface area contributed by atoms with Crippen LogP contribution in [0.3, 0.4) is 0 Å². The number of ether oxygens (including phenoxy) is 1. The molecule has 0 radical (unpaired) electrons. The minimum absolute atomic E-state index is 0.